The maximum Gasteiger partial charge on any atom is 0.320 e. The molecule has 3 rings (SSSR count). The Morgan fingerprint density at radius 1 is 1.38 bits per heavy atom. The maximum atomic E-state index is 12.3. The molecule has 1 aliphatic heterocycles. The number of hydrogen-bond acceptors (Lipinski definition) is 3. The Bertz CT molecular complexity index is 465. The van der Waals surface area contributed by atoms with Crippen LogP contribution in [0.25, 0.3) is 0 Å². The first-order valence-electron chi connectivity index (χ1n) is 5.46. The molecule has 1 heterocycles. The van der Waals surface area contributed by atoms with E-state index in [1.54, 1.807) is 12.1 Å². The minimum absolute atomic E-state index is 0.0758. The lowest BCUT2D eigenvalue weighted by atomic mass is 9.92. The molecule has 0 bridgehead atoms. The standard InChI is InChI=1S/C13H12O3/c1-8-10-7-16-12(15)13(8,10)11(14)9-5-3-2-4-6-9/h2-6,8,10H,7H2,1H3/t8-,10-,13+/m0/s1. The highest BCUT2D eigenvalue weighted by molar-refractivity contribution is 6.16. The molecule has 0 spiro atoms. The fraction of sp³-hybridized carbons (Fsp3) is 0.385. The van der Waals surface area contributed by atoms with Gasteiger partial charge >= 0.3 is 5.97 Å². The molecule has 0 unspecified atom stereocenters. The number of carbonyl (C=O) groups is 2. The molecule has 82 valence electrons. The summed E-state index contributed by atoms with van der Waals surface area (Å²) in [5.74, 6) is -0.193. The second-order valence-electron chi connectivity index (χ2n) is 4.56. The fourth-order valence-corrected chi connectivity index (χ4v) is 2.84. The molecule has 1 aromatic rings. The van der Waals surface area contributed by atoms with Gasteiger partial charge in [-0.1, -0.05) is 37.3 Å². The van der Waals surface area contributed by atoms with Crippen LogP contribution in [0.15, 0.2) is 30.3 Å². The van der Waals surface area contributed by atoms with Gasteiger partial charge in [-0.15, -0.1) is 0 Å². The topological polar surface area (TPSA) is 43.4 Å². The summed E-state index contributed by atoms with van der Waals surface area (Å²) < 4.78 is 4.97. The Hall–Kier alpha value is -1.64. The average molecular weight is 216 g/mol. The van der Waals surface area contributed by atoms with Gasteiger partial charge in [0.25, 0.3) is 0 Å². The zero-order chi connectivity index (χ0) is 11.3. The van der Waals surface area contributed by atoms with Gasteiger partial charge in [-0.3, -0.25) is 9.59 Å². The zero-order valence-corrected chi connectivity index (χ0v) is 8.97. The van der Waals surface area contributed by atoms with E-state index in [2.05, 4.69) is 0 Å². The van der Waals surface area contributed by atoms with E-state index in [1.807, 2.05) is 25.1 Å². The first kappa shape index (κ1) is 9.58. The third-order valence-electron chi connectivity index (χ3n) is 3.94. The summed E-state index contributed by atoms with van der Waals surface area (Å²) in [7, 11) is 0. The third kappa shape index (κ3) is 0.932. The van der Waals surface area contributed by atoms with Crippen LogP contribution in [0.5, 0.6) is 0 Å². The highest BCUT2D eigenvalue weighted by Crippen LogP contribution is 2.64. The van der Waals surface area contributed by atoms with Crippen LogP contribution in [-0.4, -0.2) is 18.4 Å². The molecule has 1 saturated heterocycles. The summed E-state index contributed by atoms with van der Waals surface area (Å²) in [6, 6.07) is 8.99. The van der Waals surface area contributed by atoms with Crippen LogP contribution in [0.1, 0.15) is 17.3 Å². The summed E-state index contributed by atoms with van der Waals surface area (Å²) in [4.78, 5) is 24.1. The van der Waals surface area contributed by atoms with E-state index in [0.717, 1.165) is 0 Å². The van der Waals surface area contributed by atoms with Gasteiger partial charge in [0.2, 0.25) is 0 Å². The average Bonchev–Trinajstić information content (AvgIpc) is 2.74. The molecule has 1 aromatic carbocycles. The van der Waals surface area contributed by atoms with Crippen molar-refractivity contribution in [3.05, 3.63) is 35.9 Å². The van der Waals surface area contributed by atoms with Crippen molar-refractivity contribution >= 4 is 11.8 Å². The maximum absolute atomic E-state index is 12.3. The monoisotopic (exact) mass is 216 g/mol. The molecule has 2 fully saturated rings. The number of esters is 1. The highest BCUT2D eigenvalue weighted by atomic mass is 16.5. The van der Waals surface area contributed by atoms with Gasteiger partial charge in [0.05, 0.1) is 6.61 Å². The zero-order valence-electron chi connectivity index (χ0n) is 8.97. The van der Waals surface area contributed by atoms with E-state index in [1.165, 1.54) is 0 Å². The molecular formula is C13H12O3. The summed E-state index contributed by atoms with van der Waals surface area (Å²) in [6.07, 6.45) is 0. The van der Waals surface area contributed by atoms with Gasteiger partial charge in [0.1, 0.15) is 5.41 Å². The van der Waals surface area contributed by atoms with Crippen molar-refractivity contribution in [1.29, 1.82) is 0 Å². The minimum Gasteiger partial charge on any atom is -0.465 e. The molecule has 0 N–H and O–H groups in total. The smallest absolute Gasteiger partial charge is 0.320 e. The van der Waals surface area contributed by atoms with Crippen molar-refractivity contribution in [2.45, 2.75) is 6.92 Å². The molecule has 0 radical (unpaired) electrons. The Morgan fingerprint density at radius 2 is 2.06 bits per heavy atom. The van der Waals surface area contributed by atoms with Gasteiger partial charge in [-0.2, -0.15) is 0 Å². The Labute approximate surface area is 93.4 Å². The first-order valence-corrected chi connectivity index (χ1v) is 5.46. The van der Waals surface area contributed by atoms with Crippen LogP contribution in [0.4, 0.5) is 0 Å². The summed E-state index contributed by atoms with van der Waals surface area (Å²) in [5.41, 5.74) is -0.253. The predicted molar refractivity (Wildman–Crippen MR) is 56.8 cm³/mol. The summed E-state index contributed by atoms with van der Waals surface area (Å²) >= 11 is 0. The second kappa shape index (κ2) is 2.94. The van der Waals surface area contributed by atoms with Gasteiger partial charge in [-0.25, -0.2) is 0 Å². The molecule has 0 amide bonds. The van der Waals surface area contributed by atoms with Crippen molar-refractivity contribution in [3.63, 3.8) is 0 Å². The number of carbonyl (C=O) groups excluding carboxylic acids is 2. The number of benzene rings is 1. The van der Waals surface area contributed by atoms with Crippen LogP contribution in [0.3, 0.4) is 0 Å². The second-order valence-corrected chi connectivity index (χ2v) is 4.56. The number of hydrogen-bond donors (Lipinski definition) is 0. The van der Waals surface area contributed by atoms with Crippen LogP contribution in [0.2, 0.25) is 0 Å². The number of Topliss-reactive ketones (excluding diaryl/α,β-unsaturated/α-hetero) is 1. The lowest BCUT2D eigenvalue weighted by Gasteiger charge is -2.09. The van der Waals surface area contributed by atoms with Crippen molar-refractivity contribution in [2.75, 3.05) is 6.61 Å². The first-order chi connectivity index (χ1) is 7.69. The number of ether oxygens (including phenoxy) is 1. The lowest BCUT2D eigenvalue weighted by Crippen LogP contribution is -2.27. The van der Waals surface area contributed by atoms with E-state index in [0.29, 0.717) is 12.2 Å². The van der Waals surface area contributed by atoms with Gasteiger partial charge < -0.3 is 4.74 Å². The van der Waals surface area contributed by atoms with E-state index in [9.17, 15) is 9.59 Å². The summed E-state index contributed by atoms with van der Waals surface area (Å²) in [6.45, 7) is 2.35. The Balaban J connectivity index is 2.00. The van der Waals surface area contributed by atoms with Crippen molar-refractivity contribution in [3.8, 4) is 0 Å². The van der Waals surface area contributed by atoms with E-state index >= 15 is 0 Å². The van der Waals surface area contributed by atoms with E-state index in [4.69, 9.17) is 4.74 Å². The van der Waals surface area contributed by atoms with Gasteiger partial charge in [-0.05, 0) is 5.92 Å². The highest BCUT2D eigenvalue weighted by Gasteiger charge is 2.76. The van der Waals surface area contributed by atoms with Crippen molar-refractivity contribution in [2.24, 2.45) is 17.3 Å². The Morgan fingerprint density at radius 3 is 2.62 bits per heavy atom. The molecule has 1 aliphatic carbocycles. The lowest BCUT2D eigenvalue weighted by molar-refractivity contribution is -0.144. The molecular weight excluding hydrogens is 204 g/mol. The van der Waals surface area contributed by atoms with Crippen LogP contribution in [-0.2, 0) is 9.53 Å². The molecule has 16 heavy (non-hydrogen) atoms. The number of rotatable bonds is 2. The molecule has 3 atom stereocenters. The fourth-order valence-electron chi connectivity index (χ4n) is 2.84. The SMILES string of the molecule is C[C@H]1[C@@H]2COC(=O)[C@]12C(=O)c1ccccc1. The van der Waals surface area contributed by atoms with Gasteiger partial charge in [0.15, 0.2) is 5.78 Å². The molecule has 1 saturated carbocycles. The normalized spacial score (nSPS) is 35.4. The van der Waals surface area contributed by atoms with Crippen LogP contribution < -0.4 is 0 Å². The quantitative estimate of drug-likeness (QED) is 0.429. The van der Waals surface area contributed by atoms with Gasteiger partial charge in [0, 0.05) is 11.5 Å². The predicted octanol–water partition coefficient (Wildman–Crippen LogP) is 1.68. The summed E-state index contributed by atoms with van der Waals surface area (Å²) in [5, 5.41) is 0. The number of cyclic esters (lactones) is 1. The number of fused-ring (bicyclic) bond motifs is 1. The minimum atomic E-state index is -0.860. The van der Waals surface area contributed by atoms with Crippen molar-refractivity contribution in [1.82, 2.24) is 0 Å². The number of ketones is 1. The largest absolute Gasteiger partial charge is 0.465 e. The van der Waals surface area contributed by atoms with E-state index < -0.39 is 5.41 Å². The molecule has 3 nitrogen and oxygen atoms in total. The third-order valence-corrected chi connectivity index (χ3v) is 3.94. The van der Waals surface area contributed by atoms with Crippen LogP contribution >= 0.6 is 0 Å². The molecule has 2 aliphatic rings. The van der Waals surface area contributed by atoms with Crippen LogP contribution in [0, 0.1) is 17.3 Å². The molecule has 3 heteroatoms. The van der Waals surface area contributed by atoms with Crippen molar-refractivity contribution < 1.29 is 14.3 Å². The Kier molecular flexibility index (Phi) is 1.76. The van der Waals surface area contributed by atoms with E-state index in [-0.39, 0.29) is 23.6 Å². The molecule has 0 aromatic heterocycles.